The van der Waals surface area contributed by atoms with Crippen LogP contribution in [0.25, 0.3) is 6.08 Å². The van der Waals surface area contributed by atoms with E-state index >= 15 is 0 Å². The van der Waals surface area contributed by atoms with Crippen molar-refractivity contribution in [3.05, 3.63) is 35.9 Å². The first-order valence-electron chi connectivity index (χ1n) is 6.35. The summed E-state index contributed by atoms with van der Waals surface area (Å²) >= 11 is 0. The number of carboxylic acids is 1. The summed E-state index contributed by atoms with van der Waals surface area (Å²) in [6.07, 6.45) is 3.69. The normalized spacial score (nSPS) is 12.3. The van der Waals surface area contributed by atoms with Crippen molar-refractivity contribution in [2.24, 2.45) is 0 Å². The van der Waals surface area contributed by atoms with E-state index in [4.69, 9.17) is 9.84 Å². The van der Waals surface area contributed by atoms with Gasteiger partial charge in [-0.25, -0.2) is 4.79 Å². The van der Waals surface area contributed by atoms with Gasteiger partial charge in [0.25, 0.3) is 0 Å². The molecule has 1 aromatic rings. The van der Waals surface area contributed by atoms with E-state index in [0.717, 1.165) is 11.6 Å². The highest BCUT2D eigenvalue weighted by Crippen LogP contribution is 2.12. The van der Waals surface area contributed by atoms with Gasteiger partial charge in [0.2, 0.25) is 5.91 Å². The number of carbonyl (C=O) groups excluding carboxylic acids is 1. The number of rotatable bonds is 7. The van der Waals surface area contributed by atoms with Gasteiger partial charge in [0, 0.05) is 25.3 Å². The molecule has 5 nitrogen and oxygen atoms in total. The number of aliphatic carboxylic acids is 1. The summed E-state index contributed by atoms with van der Waals surface area (Å²) in [7, 11) is 1.62. The first-order valence-corrected chi connectivity index (χ1v) is 6.35. The van der Waals surface area contributed by atoms with Crippen LogP contribution in [-0.2, 0) is 14.3 Å². The Morgan fingerprint density at radius 1 is 1.35 bits per heavy atom. The summed E-state index contributed by atoms with van der Waals surface area (Å²) in [5.74, 6) is -1.06. The van der Waals surface area contributed by atoms with Crippen LogP contribution in [0.4, 0.5) is 5.69 Å². The number of methoxy groups -OCH3 is 1. The molecule has 0 spiro atoms. The fraction of sp³-hybridized carbons (Fsp3) is 0.333. The van der Waals surface area contributed by atoms with E-state index in [9.17, 15) is 9.59 Å². The largest absolute Gasteiger partial charge is 0.478 e. The van der Waals surface area contributed by atoms with Crippen LogP contribution in [-0.4, -0.2) is 30.2 Å². The van der Waals surface area contributed by atoms with Crippen LogP contribution in [0.3, 0.4) is 0 Å². The minimum Gasteiger partial charge on any atom is -0.478 e. The molecule has 0 fully saturated rings. The van der Waals surface area contributed by atoms with Crippen LogP contribution in [0, 0.1) is 0 Å². The maximum absolute atomic E-state index is 11.7. The van der Waals surface area contributed by atoms with Crippen molar-refractivity contribution in [1.82, 2.24) is 0 Å². The predicted octanol–water partition coefficient (Wildman–Crippen LogP) is 2.54. The Balaban J connectivity index is 2.48. The molecule has 0 heterocycles. The minimum atomic E-state index is -0.991. The Hall–Kier alpha value is -2.14. The highest BCUT2D eigenvalue weighted by Gasteiger charge is 2.06. The third-order valence-corrected chi connectivity index (χ3v) is 2.79. The van der Waals surface area contributed by atoms with Gasteiger partial charge in [0.05, 0.1) is 6.10 Å². The molecule has 0 bridgehead atoms. The molecular weight excluding hydrogens is 258 g/mol. The van der Waals surface area contributed by atoms with Crippen LogP contribution < -0.4 is 5.32 Å². The van der Waals surface area contributed by atoms with Crippen LogP contribution in [0.2, 0.25) is 0 Å². The molecule has 0 saturated heterocycles. The summed E-state index contributed by atoms with van der Waals surface area (Å²) in [6.45, 7) is 1.91. The van der Waals surface area contributed by atoms with Crippen molar-refractivity contribution in [3.63, 3.8) is 0 Å². The summed E-state index contributed by atoms with van der Waals surface area (Å²) in [4.78, 5) is 22.1. The first-order chi connectivity index (χ1) is 9.51. The van der Waals surface area contributed by atoms with E-state index in [1.807, 2.05) is 6.92 Å². The summed E-state index contributed by atoms with van der Waals surface area (Å²) in [5.41, 5.74) is 1.45. The van der Waals surface area contributed by atoms with Gasteiger partial charge in [-0.2, -0.15) is 0 Å². The smallest absolute Gasteiger partial charge is 0.328 e. The predicted molar refractivity (Wildman–Crippen MR) is 77.4 cm³/mol. The number of carbonyl (C=O) groups is 2. The van der Waals surface area contributed by atoms with Crippen molar-refractivity contribution in [3.8, 4) is 0 Å². The number of hydrogen-bond acceptors (Lipinski definition) is 3. The summed E-state index contributed by atoms with van der Waals surface area (Å²) in [5, 5.41) is 11.3. The van der Waals surface area contributed by atoms with Crippen molar-refractivity contribution in [2.75, 3.05) is 12.4 Å². The van der Waals surface area contributed by atoms with Crippen molar-refractivity contribution >= 4 is 23.6 Å². The zero-order valence-corrected chi connectivity index (χ0v) is 11.6. The van der Waals surface area contributed by atoms with Crippen molar-refractivity contribution < 1.29 is 19.4 Å². The van der Waals surface area contributed by atoms with Gasteiger partial charge >= 0.3 is 5.97 Å². The number of anilines is 1. The van der Waals surface area contributed by atoms with Gasteiger partial charge in [0.15, 0.2) is 0 Å². The Morgan fingerprint density at radius 2 is 2.00 bits per heavy atom. The van der Waals surface area contributed by atoms with E-state index in [2.05, 4.69) is 5.32 Å². The van der Waals surface area contributed by atoms with Gasteiger partial charge < -0.3 is 15.2 Å². The number of nitrogens with one attached hydrogen (secondary N) is 1. The van der Waals surface area contributed by atoms with Gasteiger partial charge in [-0.1, -0.05) is 12.1 Å². The Morgan fingerprint density at radius 3 is 2.55 bits per heavy atom. The first kappa shape index (κ1) is 15.9. The molecule has 1 amide bonds. The van der Waals surface area contributed by atoms with E-state index < -0.39 is 5.97 Å². The average Bonchev–Trinajstić information content (AvgIpc) is 2.44. The molecular formula is C15H19NO4. The second-order valence-corrected chi connectivity index (χ2v) is 4.43. The van der Waals surface area contributed by atoms with Gasteiger partial charge in [0.1, 0.15) is 0 Å². The third kappa shape index (κ3) is 6.15. The Bertz CT molecular complexity index is 479. The van der Waals surface area contributed by atoms with Crippen molar-refractivity contribution in [2.45, 2.75) is 25.9 Å². The Labute approximate surface area is 118 Å². The third-order valence-electron chi connectivity index (χ3n) is 2.79. The lowest BCUT2D eigenvalue weighted by Gasteiger charge is -2.09. The van der Waals surface area contributed by atoms with Gasteiger partial charge in [-0.3, -0.25) is 4.79 Å². The van der Waals surface area contributed by atoms with Crippen LogP contribution in [0.1, 0.15) is 25.3 Å². The quantitative estimate of drug-likeness (QED) is 0.751. The van der Waals surface area contributed by atoms with Crippen LogP contribution >= 0.6 is 0 Å². The fourth-order valence-corrected chi connectivity index (χ4v) is 1.52. The lowest BCUT2D eigenvalue weighted by molar-refractivity contribution is -0.131. The van der Waals surface area contributed by atoms with Crippen LogP contribution in [0.15, 0.2) is 30.3 Å². The average molecular weight is 277 g/mol. The van der Waals surface area contributed by atoms with Gasteiger partial charge in [-0.05, 0) is 37.1 Å². The molecule has 108 valence electrons. The topological polar surface area (TPSA) is 75.6 Å². The lowest BCUT2D eigenvalue weighted by Crippen LogP contribution is -2.15. The number of ether oxygens (including phenoxy) is 1. The highest BCUT2D eigenvalue weighted by atomic mass is 16.5. The summed E-state index contributed by atoms with van der Waals surface area (Å²) < 4.78 is 5.08. The van der Waals surface area contributed by atoms with Gasteiger partial charge in [-0.15, -0.1) is 0 Å². The standard InChI is InChI=1S/C15H19NO4/c1-11(20-2)3-9-14(17)16-13-7-4-12(5-8-13)6-10-15(18)19/h4-8,10-11H,3,9H2,1-2H3,(H,16,17)(H,18,19)/b10-6+. The van der Waals surface area contributed by atoms with Crippen molar-refractivity contribution in [1.29, 1.82) is 0 Å². The second kappa shape index (κ2) is 8.12. The monoisotopic (exact) mass is 277 g/mol. The SMILES string of the molecule is COC(C)CCC(=O)Nc1ccc(/C=C/C(=O)O)cc1. The number of hydrogen-bond donors (Lipinski definition) is 2. The second-order valence-electron chi connectivity index (χ2n) is 4.43. The number of amides is 1. The summed E-state index contributed by atoms with van der Waals surface area (Å²) in [6, 6.07) is 6.96. The molecule has 0 saturated carbocycles. The zero-order chi connectivity index (χ0) is 15.0. The lowest BCUT2D eigenvalue weighted by atomic mass is 10.1. The highest BCUT2D eigenvalue weighted by molar-refractivity contribution is 5.91. The molecule has 0 aromatic heterocycles. The molecule has 0 radical (unpaired) electrons. The molecule has 0 aliphatic heterocycles. The van der Waals surface area contributed by atoms with E-state index in [-0.39, 0.29) is 12.0 Å². The van der Waals surface area contributed by atoms with E-state index in [0.29, 0.717) is 18.5 Å². The molecule has 5 heteroatoms. The molecule has 1 unspecified atom stereocenters. The Kier molecular flexibility index (Phi) is 6.46. The molecule has 1 rings (SSSR count). The molecule has 1 aromatic carbocycles. The molecule has 0 aliphatic carbocycles. The maximum Gasteiger partial charge on any atom is 0.328 e. The molecule has 1 atom stereocenters. The van der Waals surface area contributed by atoms with E-state index in [1.165, 1.54) is 6.08 Å². The fourth-order valence-electron chi connectivity index (χ4n) is 1.52. The molecule has 0 aliphatic rings. The van der Waals surface area contributed by atoms with E-state index in [1.54, 1.807) is 31.4 Å². The maximum atomic E-state index is 11.7. The molecule has 2 N–H and O–H groups in total. The minimum absolute atomic E-state index is 0.0595. The van der Waals surface area contributed by atoms with Crippen LogP contribution in [0.5, 0.6) is 0 Å². The molecule has 20 heavy (non-hydrogen) atoms. The zero-order valence-electron chi connectivity index (χ0n) is 11.6. The number of benzene rings is 1. The number of carboxylic acid groups (broad SMARTS) is 1.